The predicted octanol–water partition coefficient (Wildman–Crippen LogP) is 5.15. The molecule has 1 saturated heterocycles. The van der Waals surface area contributed by atoms with Gasteiger partial charge in [-0.1, -0.05) is 29.8 Å². The Balaban J connectivity index is 1.58. The zero-order valence-corrected chi connectivity index (χ0v) is 19.6. The summed E-state index contributed by atoms with van der Waals surface area (Å²) in [6.45, 7) is 1.90. The summed E-state index contributed by atoms with van der Waals surface area (Å²) in [6, 6.07) is 21.9. The van der Waals surface area contributed by atoms with Gasteiger partial charge in [-0.05, 0) is 73.7 Å². The minimum atomic E-state index is -1.08. The second kappa shape index (κ2) is 8.24. The van der Waals surface area contributed by atoms with Crippen molar-refractivity contribution in [2.24, 2.45) is 5.92 Å². The van der Waals surface area contributed by atoms with Crippen molar-refractivity contribution in [3.63, 3.8) is 0 Å². The summed E-state index contributed by atoms with van der Waals surface area (Å²) < 4.78 is 11.8. The molecule has 2 bridgehead atoms. The number of halogens is 1. The number of hydrogen-bond donors (Lipinski definition) is 2. The molecule has 0 saturated carbocycles. The number of hydrogen-bond acceptors (Lipinski definition) is 4. The number of carbonyl (C=O) groups is 1. The molecular formula is C25H22ClN3O3S. The van der Waals surface area contributed by atoms with Crippen LogP contribution in [0.5, 0.6) is 11.5 Å². The van der Waals surface area contributed by atoms with Gasteiger partial charge in [-0.3, -0.25) is 9.69 Å². The molecule has 1 amide bonds. The van der Waals surface area contributed by atoms with Gasteiger partial charge >= 0.3 is 0 Å². The quantitative estimate of drug-likeness (QED) is 0.505. The Morgan fingerprint density at radius 2 is 1.82 bits per heavy atom. The summed E-state index contributed by atoms with van der Waals surface area (Å²) in [7, 11) is 1.60. The van der Waals surface area contributed by atoms with Crippen molar-refractivity contribution in [1.29, 1.82) is 0 Å². The van der Waals surface area contributed by atoms with E-state index in [-0.39, 0.29) is 11.9 Å². The summed E-state index contributed by atoms with van der Waals surface area (Å²) in [6.07, 6.45) is 0. The Morgan fingerprint density at radius 3 is 2.52 bits per heavy atom. The van der Waals surface area contributed by atoms with E-state index in [4.69, 9.17) is 33.3 Å². The van der Waals surface area contributed by atoms with E-state index in [1.165, 1.54) is 0 Å². The number of anilines is 2. The van der Waals surface area contributed by atoms with Crippen LogP contribution in [0.15, 0.2) is 72.8 Å². The number of benzene rings is 3. The zero-order chi connectivity index (χ0) is 23.2. The lowest BCUT2D eigenvalue weighted by Gasteiger charge is -2.56. The average molecular weight is 480 g/mol. The first kappa shape index (κ1) is 21.6. The molecule has 6 nitrogen and oxygen atoms in total. The summed E-state index contributed by atoms with van der Waals surface area (Å²) in [4.78, 5) is 15.6. The number of thiocarbonyl (C=S) groups is 1. The van der Waals surface area contributed by atoms with E-state index in [1.807, 2.05) is 60.4 Å². The molecule has 0 unspecified atom stereocenters. The number of carbonyl (C=O) groups excluding carboxylic acids is 1. The van der Waals surface area contributed by atoms with Gasteiger partial charge in [-0.25, -0.2) is 0 Å². The minimum absolute atomic E-state index is 0.184. The number of methoxy groups -OCH3 is 1. The van der Waals surface area contributed by atoms with Crippen LogP contribution in [-0.2, 0) is 4.79 Å². The van der Waals surface area contributed by atoms with Gasteiger partial charge in [0.2, 0.25) is 5.91 Å². The van der Waals surface area contributed by atoms with Gasteiger partial charge < -0.3 is 20.1 Å². The molecule has 168 valence electrons. The number of amides is 1. The van der Waals surface area contributed by atoms with Gasteiger partial charge in [0, 0.05) is 22.0 Å². The van der Waals surface area contributed by atoms with Crippen LogP contribution in [0.3, 0.4) is 0 Å². The maximum atomic E-state index is 13.7. The van der Waals surface area contributed by atoms with Crippen LogP contribution in [0.2, 0.25) is 5.02 Å². The molecule has 2 N–H and O–H groups in total. The zero-order valence-electron chi connectivity index (χ0n) is 18.0. The molecule has 3 aromatic rings. The average Bonchev–Trinajstić information content (AvgIpc) is 2.80. The number of para-hydroxylation sites is 1. The molecule has 0 spiro atoms. The first-order valence-corrected chi connectivity index (χ1v) is 11.3. The Kier molecular flexibility index (Phi) is 5.38. The number of rotatable bonds is 4. The van der Waals surface area contributed by atoms with Crippen molar-refractivity contribution in [2.45, 2.75) is 18.7 Å². The first-order valence-electron chi connectivity index (χ1n) is 10.5. The lowest BCUT2D eigenvalue weighted by molar-refractivity contribution is -0.130. The van der Waals surface area contributed by atoms with Crippen molar-refractivity contribution < 1.29 is 14.3 Å². The maximum absolute atomic E-state index is 13.7. The highest BCUT2D eigenvalue weighted by Gasteiger charge is 2.59. The van der Waals surface area contributed by atoms with E-state index in [0.717, 1.165) is 11.3 Å². The second-order valence-electron chi connectivity index (χ2n) is 8.13. The second-order valence-corrected chi connectivity index (χ2v) is 8.95. The highest BCUT2D eigenvalue weighted by atomic mass is 35.5. The van der Waals surface area contributed by atoms with Crippen LogP contribution < -0.4 is 25.0 Å². The van der Waals surface area contributed by atoms with Crippen molar-refractivity contribution in [3.05, 3.63) is 83.4 Å². The Hall–Kier alpha value is -3.29. The molecule has 3 atom stereocenters. The van der Waals surface area contributed by atoms with Gasteiger partial charge in [0.25, 0.3) is 0 Å². The number of fused-ring (bicyclic) bond motifs is 4. The minimum Gasteiger partial charge on any atom is -0.497 e. The number of nitrogens with zero attached hydrogens (tertiary/aromatic N) is 1. The van der Waals surface area contributed by atoms with Crippen molar-refractivity contribution in [2.75, 3.05) is 17.3 Å². The fraction of sp³-hybridized carbons (Fsp3) is 0.200. The lowest BCUT2D eigenvalue weighted by Crippen LogP contribution is -2.72. The molecule has 3 aromatic carbocycles. The normalized spacial score (nSPS) is 23.1. The van der Waals surface area contributed by atoms with Crippen LogP contribution in [0.1, 0.15) is 18.5 Å². The van der Waals surface area contributed by atoms with Crippen molar-refractivity contribution in [3.8, 4) is 11.5 Å². The predicted molar refractivity (Wildman–Crippen MR) is 133 cm³/mol. The van der Waals surface area contributed by atoms with Gasteiger partial charge in [-0.2, -0.15) is 0 Å². The van der Waals surface area contributed by atoms with Gasteiger partial charge in [0.15, 0.2) is 10.8 Å². The van der Waals surface area contributed by atoms with E-state index in [2.05, 4.69) is 10.6 Å². The summed E-state index contributed by atoms with van der Waals surface area (Å²) in [5, 5.41) is 7.52. The topological polar surface area (TPSA) is 62.8 Å². The molecular weight excluding hydrogens is 458 g/mol. The van der Waals surface area contributed by atoms with E-state index in [1.54, 1.807) is 31.4 Å². The highest BCUT2D eigenvalue weighted by Crippen LogP contribution is 2.49. The molecule has 33 heavy (non-hydrogen) atoms. The molecule has 8 heteroatoms. The van der Waals surface area contributed by atoms with E-state index in [0.29, 0.717) is 27.3 Å². The molecule has 1 fully saturated rings. The van der Waals surface area contributed by atoms with Gasteiger partial charge in [0.05, 0.1) is 13.2 Å². The third kappa shape index (κ3) is 3.67. The maximum Gasteiger partial charge on any atom is 0.236 e. The SMILES string of the molecule is COc1ccc(NC(=O)[C@H]2[C@H]3NC(=S)N(c4ccc(Cl)cc4)[C@@]2(C)Oc2ccccc23)cc1. The van der Waals surface area contributed by atoms with Crippen LogP contribution in [0.4, 0.5) is 11.4 Å². The molecule has 0 aromatic heterocycles. The highest BCUT2D eigenvalue weighted by molar-refractivity contribution is 7.80. The fourth-order valence-electron chi connectivity index (χ4n) is 4.60. The molecule has 2 aliphatic heterocycles. The van der Waals surface area contributed by atoms with Crippen LogP contribution in [-0.4, -0.2) is 23.9 Å². The fourth-order valence-corrected chi connectivity index (χ4v) is 5.14. The largest absolute Gasteiger partial charge is 0.497 e. The van der Waals surface area contributed by atoms with Crippen LogP contribution in [0.25, 0.3) is 0 Å². The van der Waals surface area contributed by atoms with Gasteiger partial charge in [-0.15, -0.1) is 0 Å². The molecule has 5 rings (SSSR count). The Morgan fingerprint density at radius 1 is 1.12 bits per heavy atom. The first-order chi connectivity index (χ1) is 15.9. The number of ether oxygens (including phenoxy) is 2. The third-order valence-electron chi connectivity index (χ3n) is 6.13. The van der Waals surface area contributed by atoms with E-state index in [9.17, 15) is 4.79 Å². The van der Waals surface area contributed by atoms with Crippen LogP contribution in [0, 0.1) is 5.92 Å². The summed E-state index contributed by atoms with van der Waals surface area (Å²) in [5.41, 5.74) is 1.26. The lowest BCUT2D eigenvalue weighted by atomic mass is 9.78. The summed E-state index contributed by atoms with van der Waals surface area (Å²) in [5.74, 6) is 0.633. The van der Waals surface area contributed by atoms with Crippen molar-refractivity contribution in [1.82, 2.24) is 5.32 Å². The molecule has 2 aliphatic rings. The molecule has 0 radical (unpaired) electrons. The molecule has 0 aliphatic carbocycles. The number of nitrogens with one attached hydrogen (secondary N) is 2. The van der Waals surface area contributed by atoms with Gasteiger partial charge in [0.1, 0.15) is 17.4 Å². The van der Waals surface area contributed by atoms with Crippen molar-refractivity contribution >= 4 is 46.2 Å². The monoisotopic (exact) mass is 479 g/mol. The molecule has 2 heterocycles. The van der Waals surface area contributed by atoms with E-state index < -0.39 is 11.6 Å². The van der Waals surface area contributed by atoms with Crippen LogP contribution >= 0.6 is 23.8 Å². The third-order valence-corrected chi connectivity index (χ3v) is 6.68. The Labute approximate surface area is 202 Å². The Bertz CT molecular complexity index is 1220. The summed E-state index contributed by atoms with van der Waals surface area (Å²) >= 11 is 11.9. The smallest absolute Gasteiger partial charge is 0.236 e. The van der Waals surface area contributed by atoms with E-state index >= 15 is 0 Å². The standard InChI is InChI=1S/C25H22ClN3O3S/c1-25-21(23(30)27-16-9-13-18(31-2)14-10-16)22(19-5-3-4-6-20(19)32-25)28-24(33)29(25)17-11-7-15(26)8-12-17/h3-14,21-22H,1-2H3,(H,27,30)(H,28,33)/t21-,22+,25+/m1/s1.